The molecule has 1 aromatic heterocycles. The van der Waals surface area contributed by atoms with Crippen molar-refractivity contribution in [1.29, 1.82) is 0 Å². The molecule has 0 amide bonds. The predicted octanol–water partition coefficient (Wildman–Crippen LogP) is 4.92. The lowest BCUT2D eigenvalue weighted by Gasteiger charge is -2.31. The second-order valence-electron chi connectivity index (χ2n) is 6.74. The molecule has 1 aliphatic rings. The Morgan fingerprint density at radius 3 is 2.76 bits per heavy atom. The smallest absolute Gasteiger partial charge is 0.119 e. The Balaban J connectivity index is 1.68. The van der Waals surface area contributed by atoms with Crippen LogP contribution in [-0.2, 0) is 13.0 Å². The first-order valence-corrected chi connectivity index (χ1v) is 9.21. The molecule has 0 spiro atoms. The minimum absolute atomic E-state index is 0.404. The van der Waals surface area contributed by atoms with Crippen LogP contribution in [0.3, 0.4) is 0 Å². The van der Waals surface area contributed by atoms with Gasteiger partial charge in [-0.1, -0.05) is 29.8 Å². The summed E-state index contributed by atoms with van der Waals surface area (Å²) in [4.78, 5) is 2.41. The molecule has 4 rings (SSSR count). The Morgan fingerprint density at radius 1 is 1.16 bits per heavy atom. The van der Waals surface area contributed by atoms with E-state index in [4.69, 9.17) is 16.3 Å². The van der Waals surface area contributed by atoms with Gasteiger partial charge in [-0.25, -0.2) is 0 Å². The fraction of sp³-hybridized carbons (Fsp3) is 0.333. The Kier molecular flexibility index (Phi) is 4.45. The van der Waals surface area contributed by atoms with Crippen molar-refractivity contribution < 1.29 is 4.74 Å². The van der Waals surface area contributed by atoms with Crippen LogP contribution < -0.4 is 4.74 Å². The van der Waals surface area contributed by atoms with Crippen molar-refractivity contribution in [2.75, 3.05) is 20.2 Å². The van der Waals surface area contributed by atoms with Crippen molar-refractivity contribution in [3.05, 3.63) is 64.8 Å². The number of halogens is 1. The minimum atomic E-state index is 0.404. The van der Waals surface area contributed by atoms with E-state index in [1.807, 2.05) is 36.4 Å². The van der Waals surface area contributed by atoms with Crippen LogP contribution in [0.1, 0.15) is 24.2 Å². The van der Waals surface area contributed by atoms with Crippen LogP contribution in [0, 0.1) is 0 Å². The Labute approximate surface area is 153 Å². The summed E-state index contributed by atoms with van der Waals surface area (Å²) in [5, 5.41) is 2.08. The third-order valence-electron chi connectivity index (χ3n) is 5.28. The number of aromatic nitrogens is 1. The van der Waals surface area contributed by atoms with Gasteiger partial charge in [0.25, 0.3) is 0 Å². The highest BCUT2D eigenvalue weighted by Gasteiger charge is 2.27. The molecule has 0 fully saturated rings. The first-order valence-electron chi connectivity index (χ1n) is 8.84. The fourth-order valence-electron chi connectivity index (χ4n) is 3.86. The van der Waals surface area contributed by atoms with Crippen LogP contribution in [-0.4, -0.2) is 29.7 Å². The van der Waals surface area contributed by atoms with Crippen LogP contribution in [0.4, 0.5) is 0 Å². The van der Waals surface area contributed by atoms with Gasteiger partial charge >= 0.3 is 0 Å². The maximum absolute atomic E-state index is 6.29. The number of ether oxygens (including phenoxy) is 1. The predicted molar refractivity (Wildman–Crippen MR) is 104 cm³/mol. The topological polar surface area (TPSA) is 17.4 Å². The SMILES string of the molecule is CC1c2c(n(CCOc3ccccc3)c3ccc(Cl)cc23)CCN1C. The van der Waals surface area contributed by atoms with Crippen LogP contribution >= 0.6 is 11.6 Å². The Morgan fingerprint density at radius 2 is 1.96 bits per heavy atom. The van der Waals surface area contributed by atoms with Gasteiger partial charge in [-0.15, -0.1) is 0 Å². The first-order chi connectivity index (χ1) is 12.1. The number of fused-ring (bicyclic) bond motifs is 3. The average molecular weight is 355 g/mol. The molecule has 0 bridgehead atoms. The largest absolute Gasteiger partial charge is 0.492 e. The minimum Gasteiger partial charge on any atom is -0.492 e. The molecule has 3 aromatic rings. The van der Waals surface area contributed by atoms with Crippen molar-refractivity contribution in [3.8, 4) is 5.75 Å². The Bertz CT molecular complexity index is 888. The highest BCUT2D eigenvalue weighted by atomic mass is 35.5. The molecule has 0 aliphatic carbocycles. The molecule has 4 heteroatoms. The maximum atomic E-state index is 6.29. The molecular weight excluding hydrogens is 332 g/mol. The van der Waals surface area contributed by atoms with Crippen LogP contribution in [0.5, 0.6) is 5.75 Å². The van der Waals surface area contributed by atoms with Gasteiger partial charge in [0.15, 0.2) is 0 Å². The lowest BCUT2D eigenvalue weighted by Crippen LogP contribution is -2.31. The molecule has 2 aromatic carbocycles. The van der Waals surface area contributed by atoms with Gasteiger partial charge in [-0.2, -0.15) is 0 Å². The third kappa shape index (κ3) is 3.03. The summed E-state index contributed by atoms with van der Waals surface area (Å²) in [7, 11) is 2.19. The summed E-state index contributed by atoms with van der Waals surface area (Å²) in [6.07, 6.45) is 1.06. The van der Waals surface area contributed by atoms with E-state index in [0.29, 0.717) is 12.6 Å². The van der Waals surface area contributed by atoms with Gasteiger partial charge in [0.1, 0.15) is 12.4 Å². The Hall–Kier alpha value is -1.97. The van der Waals surface area contributed by atoms with Crippen molar-refractivity contribution in [2.24, 2.45) is 0 Å². The molecular formula is C21H23ClN2O. The molecule has 0 saturated carbocycles. The summed E-state index contributed by atoms with van der Waals surface area (Å²) >= 11 is 6.29. The number of hydrogen-bond acceptors (Lipinski definition) is 2. The summed E-state index contributed by atoms with van der Waals surface area (Å²) in [5.41, 5.74) is 4.11. The normalized spacial score (nSPS) is 17.6. The molecule has 1 unspecified atom stereocenters. The zero-order valence-electron chi connectivity index (χ0n) is 14.7. The highest BCUT2D eigenvalue weighted by molar-refractivity contribution is 6.31. The zero-order valence-corrected chi connectivity index (χ0v) is 15.5. The van der Waals surface area contributed by atoms with Crippen LogP contribution in [0.15, 0.2) is 48.5 Å². The van der Waals surface area contributed by atoms with E-state index in [1.165, 1.54) is 22.2 Å². The van der Waals surface area contributed by atoms with Crippen molar-refractivity contribution in [1.82, 2.24) is 9.47 Å². The number of rotatable bonds is 4. The highest BCUT2D eigenvalue weighted by Crippen LogP contribution is 2.38. The summed E-state index contributed by atoms with van der Waals surface area (Å²) in [6, 6.07) is 16.7. The van der Waals surface area contributed by atoms with E-state index in [9.17, 15) is 0 Å². The van der Waals surface area contributed by atoms with E-state index in [2.05, 4.69) is 35.6 Å². The summed E-state index contributed by atoms with van der Waals surface area (Å²) < 4.78 is 8.36. The molecule has 0 N–H and O–H groups in total. The molecule has 2 heterocycles. The molecule has 0 radical (unpaired) electrons. The van der Waals surface area contributed by atoms with E-state index in [0.717, 1.165) is 30.3 Å². The van der Waals surface area contributed by atoms with E-state index in [1.54, 1.807) is 0 Å². The molecule has 25 heavy (non-hydrogen) atoms. The average Bonchev–Trinajstić information content (AvgIpc) is 2.93. The second kappa shape index (κ2) is 6.74. The maximum Gasteiger partial charge on any atom is 0.119 e. The molecule has 3 nitrogen and oxygen atoms in total. The van der Waals surface area contributed by atoms with Crippen molar-refractivity contribution >= 4 is 22.5 Å². The molecule has 1 atom stereocenters. The summed E-state index contributed by atoms with van der Waals surface area (Å²) in [5.74, 6) is 0.920. The molecule has 130 valence electrons. The third-order valence-corrected chi connectivity index (χ3v) is 5.52. The van der Waals surface area contributed by atoms with Crippen molar-refractivity contribution in [3.63, 3.8) is 0 Å². The van der Waals surface area contributed by atoms with Gasteiger partial charge in [-0.05, 0) is 49.9 Å². The van der Waals surface area contributed by atoms with Gasteiger partial charge < -0.3 is 9.30 Å². The zero-order chi connectivity index (χ0) is 17.4. The lowest BCUT2D eigenvalue weighted by molar-refractivity contribution is 0.242. The summed E-state index contributed by atoms with van der Waals surface area (Å²) in [6.45, 7) is 4.87. The van der Waals surface area contributed by atoms with Gasteiger partial charge in [0.2, 0.25) is 0 Å². The number of benzene rings is 2. The number of hydrogen-bond donors (Lipinski definition) is 0. The lowest BCUT2D eigenvalue weighted by atomic mass is 9.97. The van der Waals surface area contributed by atoms with Gasteiger partial charge in [0, 0.05) is 40.6 Å². The van der Waals surface area contributed by atoms with E-state index < -0.39 is 0 Å². The number of likely N-dealkylation sites (N-methyl/N-ethyl adjacent to an activating group) is 1. The molecule has 1 aliphatic heterocycles. The van der Waals surface area contributed by atoms with E-state index >= 15 is 0 Å². The van der Waals surface area contributed by atoms with Gasteiger partial charge in [0.05, 0.1) is 6.54 Å². The van der Waals surface area contributed by atoms with Crippen LogP contribution in [0.2, 0.25) is 5.02 Å². The fourth-order valence-corrected chi connectivity index (χ4v) is 4.04. The first kappa shape index (κ1) is 16.5. The van der Waals surface area contributed by atoms with E-state index in [-0.39, 0.29) is 0 Å². The standard InChI is InChI=1S/C21H23ClN2O/c1-15-21-18-14-16(22)8-9-19(18)24(20(21)10-11-23(15)2)12-13-25-17-6-4-3-5-7-17/h3-9,14-15H,10-13H2,1-2H3. The monoisotopic (exact) mass is 354 g/mol. The van der Waals surface area contributed by atoms with Crippen LogP contribution in [0.25, 0.3) is 10.9 Å². The van der Waals surface area contributed by atoms with Crippen molar-refractivity contribution in [2.45, 2.75) is 25.9 Å². The quantitative estimate of drug-likeness (QED) is 0.661. The van der Waals surface area contributed by atoms with Gasteiger partial charge in [-0.3, -0.25) is 4.90 Å². The number of nitrogens with zero attached hydrogens (tertiary/aromatic N) is 2. The molecule has 0 saturated heterocycles. The number of para-hydroxylation sites is 1. The second-order valence-corrected chi connectivity index (χ2v) is 7.18.